The third-order valence-corrected chi connectivity index (χ3v) is 3.66. The molecule has 0 aliphatic rings. The molecule has 0 heterocycles. The quantitative estimate of drug-likeness (QED) is 0.588. The van der Waals surface area contributed by atoms with E-state index in [0.717, 1.165) is 0 Å². The summed E-state index contributed by atoms with van der Waals surface area (Å²) >= 11 is 5.80. The summed E-state index contributed by atoms with van der Waals surface area (Å²) < 4.78 is 5.18. The first-order valence-electron chi connectivity index (χ1n) is 8.17. The Morgan fingerprint density at radius 1 is 1.04 bits per heavy atom. The van der Waals surface area contributed by atoms with Crippen LogP contribution in [0.25, 0.3) is 6.08 Å². The van der Waals surface area contributed by atoms with Crippen LogP contribution in [0.1, 0.15) is 19.4 Å². The molecule has 1 atom stereocenters. The zero-order chi connectivity index (χ0) is 19.8. The third kappa shape index (κ3) is 6.60. The molecule has 6 nitrogen and oxygen atoms in total. The van der Waals surface area contributed by atoms with Gasteiger partial charge in [0, 0.05) is 17.6 Å². The normalized spacial score (nSPS) is 12.0. The Morgan fingerprint density at radius 3 is 2.26 bits per heavy atom. The maximum absolute atomic E-state index is 12.4. The van der Waals surface area contributed by atoms with E-state index in [4.69, 9.17) is 16.3 Å². The van der Waals surface area contributed by atoms with Crippen molar-refractivity contribution in [3.63, 3.8) is 0 Å². The van der Waals surface area contributed by atoms with Gasteiger partial charge in [-0.1, -0.05) is 41.9 Å². The van der Waals surface area contributed by atoms with Crippen LogP contribution in [0.4, 0.5) is 5.69 Å². The van der Waals surface area contributed by atoms with Crippen LogP contribution < -0.4 is 10.6 Å². The highest BCUT2D eigenvalue weighted by Gasteiger charge is 2.21. The zero-order valence-corrected chi connectivity index (χ0v) is 15.6. The van der Waals surface area contributed by atoms with Gasteiger partial charge in [-0.25, -0.2) is 4.79 Å². The van der Waals surface area contributed by atoms with Crippen LogP contribution in [0, 0.1) is 0 Å². The first-order chi connectivity index (χ1) is 12.8. The van der Waals surface area contributed by atoms with Gasteiger partial charge in [-0.15, -0.1) is 0 Å². The summed E-state index contributed by atoms with van der Waals surface area (Å²) in [5.41, 5.74) is 1.17. The molecule has 0 unspecified atom stereocenters. The summed E-state index contributed by atoms with van der Waals surface area (Å²) in [7, 11) is 0. The van der Waals surface area contributed by atoms with Crippen LogP contribution in [-0.2, 0) is 19.1 Å². The smallest absolute Gasteiger partial charge is 0.355 e. The van der Waals surface area contributed by atoms with Crippen LogP contribution in [-0.4, -0.2) is 23.9 Å². The number of carbonyl (C=O) groups is 3. The Morgan fingerprint density at radius 2 is 1.67 bits per heavy atom. The maximum atomic E-state index is 12.4. The predicted molar refractivity (Wildman–Crippen MR) is 104 cm³/mol. The Kier molecular flexibility index (Phi) is 7.14. The number of hydrogen-bond acceptors (Lipinski definition) is 4. The summed E-state index contributed by atoms with van der Waals surface area (Å²) in [5, 5.41) is 5.59. The molecule has 2 rings (SSSR count). The van der Waals surface area contributed by atoms with Gasteiger partial charge in [0.15, 0.2) is 6.10 Å². The number of amides is 2. The molecule has 0 spiro atoms. The minimum atomic E-state index is -1.07. The first kappa shape index (κ1) is 20.2. The number of ether oxygens (including phenoxy) is 1. The van der Waals surface area contributed by atoms with Crippen molar-refractivity contribution in [1.29, 1.82) is 0 Å². The fourth-order valence-corrected chi connectivity index (χ4v) is 2.23. The highest BCUT2D eigenvalue weighted by atomic mass is 35.5. The third-order valence-electron chi connectivity index (χ3n) is 3.41. The molecule has 140 valence electrons. The highest BCUT2D eigenvalue weighted by molar-refractivity contribution is 6.30. The molecule has 2 amide bonds. The van der Waals surface area contributed by atoms with Crippen molar-refractivity contribution in [2.75, 3.05) is 5.32 Å². The Labute approximate surface area is 162 Å². The number of hydrogen-bond donors (Lipinski definition) is 2. The number of anilines is 1. The van der Waals surface area contributed by atoms with Gasteiger partial charge < -0.3 is 15.4 Å². The van der Waals surface area contributed by atoms with Crippen molar-refractivity contribution in [2.45, 2.75) is 20.0 Å². The molecule has 0 fully saturated rings. The van der Waals surface area contributed by atoms with Gasteiger partial charge in [0.2, 0.25) is 5.91 Å². The molecule has 2 aromatic rings. The summed E-state index contributed by atoms with van der Waals surface area (Å²) in [4.78, 5) is 36.0. The van der Waals surface area contributed by atoms with Crippen LogP contribution in [0.5, 0.6) is 0 Å². The summed E-state index contributed by atoms with van der Waals surface area (Å²) in [5.74, 6) is -1.74. The van der Waals surface area contributed by atoms with Crippen molar-refractivity contribution in [1.82, 2.24) is 5.32 Å². The molecule has 7 heteroatoms. The second-order valence-electron chi connectivity index (χ2n) is 5.69. The lowest BCUT2D eigenvalue weighted by atomic mass is 10.2. The van der Waals surface area contributed by atoms with E-state index in [-0.39, 0.29) is 5.70 Å². The molecule has 2 aromatic carbocycles. The van der Waals surface area contributed by atoms with Gasteiger partial charge in [-0.3, -0.25) is 9.59 Å². The molecule has 0 aromatic heterocycles. The van der Waals surface area contributed by atoms with Crippen molar-refractivity contribution in [3.05, 3.63) is 70.9 Å². The number of rotatable bonds is 6. The molecule has 27 heavy (non-hydrogen) atoms. The molecule has 0 saturated carbocycles. The largest absolute Gasteiger partial charge is 0.448 e. The molecular formula is C20H19ClN2O4. The second-order valence-corrected chi connectivity index (χ2v) is 6.13. The minimum absolute atomic E-state index is 0.0557. The van der Waals surface area contributed by atoms with Crippen LogP contribution in [0.15, 0.2) is 60.3 Å². The van der Waals surface area contributed by atoms with E-state index in [1.165, 1.54) is 19.9 Å². The van der Waals surface area contributed by atoms with Crippen LogP contribution >= 0.6 is 11.6 Å². The number of halogens is 1. The molecular weight excluding hydrogens is 368 g/mol. The van der Waals surface area contributed by atoms with Gasteiger partial charge in [-0.2, -0.15) is 0 Å². The van der Waals surface area contributed by atoms with E-state index < -0.39 is 23.9 Å². The lowest BCUT2D eigenvalue weighted by Gasteiger charge is -2.15. The highest BCUT2D eigenvalue weighted by Crippen LogP contribution is 2.14. The van der Waals surface area contributed by atoms with Crippen molar-refractivity contribution >= 4 is 41.1 Å². The monoisotopic (exact) mass is 386 g/mol. The van der Waals surface area contributed by atoms with E-state index in [1.54, 1.807) is 48.5 Å². The van der Waals surface area contributed by atoms with Crippen molar-refractivity contribution in [3.8, 4) is 0 Å². The van der Waals surface area contributed by atoms with Crippen molar-refractivity contribution in [2.24, 2.45) is 0 Å². The lowest BCUT2D eigenvalue weighted by molar-refractivity contribution is -0.149. The summed E-state index contributed by atoms with van der Waals surface area (Å²) in [6.45, 7) is 2.72. The van der Waals surface area contributed by atoms with Crippen LogP contribution in [0.2, 0.25) is 5.02 Å². The van der Waals surface area contributed by atoms with E-state index in [2.05, 4.69) is 10.6 Å². The van der Waals surface area contributed by atoms with E-state index >= 15 is 0 Å². The van der Waals surface area contributed by atoms with E-state index in [1.807, 2.05) is 6.07 Å². The second kappa shape index (κ2) is 9.54. The number of esters is 1. The summed E-state index contributed by atoms with van der Waals surface area (Å²) in [6, 6.07) is 15.5. The molecule has 0 radical (unpaired) electrons. The number of nitrogens with one attached hydrogen (secondary N) is 2. The topological polar surface area (TPSA) is 84.5 Å². The van der Waals surface area contributed by atoms with E-state index in [0.29, 0.717) is 16.3 Å². The van der Waals surface area contributed by atoms with E-state index in [9.17, 15) is 14.4 Å². The molecule has 0 aliphatic carbocycles. The van der Waals surface area contributed by atoms with Gasteiger partial charge in [0.25, 0.3) is 5.91 Å². The van der Waals surface area contributed by atoms with Gasteiger partial charge >= 0.3 is 5.97 Å². The Balaban J connectivity index is 2.06. The predicted octanol–water partition coefficient (Wildman–Crippen LogP) is 3.39. The fraction of sp³-hybridized carbons (Fsp3) is 0.150. The van der Waals surface area contributed by atoms with Gasteiger partial charge in [0.1, 0.15) is 5.70 Å². The average molecular weight is 387 g/mol. The SMILES string of the molecule is CC(=O)N/C(=C\c1ccccc1)C(=O)O[C@H](C)C(=O)Nc1ccc(Cl)cc1. The number of carbonyl (C=O) groups excluding carboxylic acids is 3. The molecule has 0 saturated heterocycles. The lowest BCUT2D eigenvalue weighted by Crippen LogP contribution is -2.33. The minimum Gasteiger partial charge on any atom is -0.448 e. The van der Waals surface area contributed by atoms with Crippen molar-refractivity contribution < 1.29 is 19.1 Å². The number of benzene rings is 2. The Bertz CT molecular complexity index is 848. The fourth-order valence-electron chi connectivity index (χ4n) is 2.11. The molecule has 2 N–H and O–H groups in total. The zero-order valence-electron chi connectivity index (χ0n) is 14.9. The Hall–Kier alpha value is -3.12. The first-order valence-corrected chi connectivity index (χ1v) is 8.54. The van der Waals surface area contributed by atoms with Crippen LogP contribution in [0.3, 0.4) is 0 Å². The standard InChI is InChI=1S/C20H19ClN2O4/c1-13(19(25)23-17-10-8-16(21)9-11-17)27-20(26)18(22-14(2)24)12-15-6-4-3-5-7-15/h3-13H,1-2H3,(H,22,24)(H,23,25)/b18-12-/t13-/m1/s1. The summed E-state index contributed by atoms with van der Waals surface area (Å²) in [6.07, 6.45) is 0.411. The maximum Gasteiger partial charge on any atom is 0.355 e. The molecule has 0 bridgehead atoms. The average Bonchev–Trinajstić information content (AvgIpc) is 2.63. The molecule has 0 aliphatic heterocycles. The van der Waals surface area contributed by atoms with Gasteiger partial charge in [0.05, 0.1) is 0 Å². The van der Waals surface area contributed by atoms with Gasteiger partial charge in [-0.05, 0) is 42.8 Å².